The van der Waals surface area contributed by atoms with Gasteiger partial charge in [-0.25, -0.2) is 9.18 Å². The molecular formula is C18H17BrFN3O3. The van der Waals surface area contributed by atoms with E-state index >= 15 is 0 Å². The number of H-pyrrole nitrogens is 1. The highest BCUT2D eigenvalue weighted by molar-refractivity contribution is 9.10. The van der Waals surface area contributed by atoms with Crippen LogP contribution in [0.1, 0.15) is 6.42 Å². The van der Waals surface area contributed by atoms with Gasteiger partial charge in [0.2, 0.25) is 0 Å². The van der Waals surface area contributed by atoms with Crippen LogP contribution in [0.5, 0.6) is 5.75 Å². The van der Waals surface area contributed by atoms with Crippen LogP contribution in [0, 0.1) is 5.82 Å². The molecule has 1 aromatic heterocycles. The lowest BCUT2D eigenvalue weighted by atomic mass is 10.1. The van der Waals surface area contributed by atoms with Gasteiger partial charge in [-0.05, 0) is 30.3 Å². The molecule has 0 unspecified atom stereocenters. The number of benzene rings is 2. The number of rotatable bonds is 6. The molecule has 0 radical (unpaired) electrons. The van der Waals surface area contributed by atoms with Gasteiger partial charge in [-0.2, -0.15) is 5.10 Å². The Kier molecular flexibility index (Phi) is 5.72. The van der Waals surface area contributed by atoms with Crippen LogP contribution < -0.4 is 10.1 Å². The Bertz CT molecular complexity index is 929. The monoisotopic (exact) mass is 421 g/mol. The van der Waals surface area contributed by atoms with E-state index in [-0.39, 0.29) is 6.61 Å². The molecule has 0 aliphatic rings. The van der Waals surface area contributed by atoms with Crippen molar-refractivity contribution < 1.29 is 18.7 Å². The summed E-state index contributed by atoms with van der Waals surface area (Å²) in [5.74, 6) is -0.00536. The fourth-order valence-corrected chi connectivity index (χ4v) is 2.82. The molecule has 0 saturated heterocycles. The quantitative estimate of drug-likeness (QED) is 0.583. The van der Waals surface area contributed by atoms with E-state index < -0.39 is 11.9 Å². The third-order valence-corrected chi connectivity index (χ3v) is 4.21. The van der Waals surface area contributed by atoms with Crippen LogP contribution in [0.25, 0.3) is 22.2 Å². The van der Waals surface area contributed by atoms with Gasteiger partial charge in [-0.15, -0.1) is 0 Å². The van der Waals surface area contributed by atoms with Gasteiger partial charge < -0.3 is 14.8 Å². The lowest BCUT2D eigenvalue weighted by Gasteiger charge is -2.08. The summed E-state index contributed by atoms with van der Waals surface area (Å²) in [6.45, 7) is 0.546. The number of aromatic amines is 1. The van der Waals surface area contributed by atoms with Gasteiger partial charge >= 0.3 is 6.09 Å². The molecule has 8 heteroatoms. The largest absolute Gasteiger partial charge is 0.493 e. The molecule has 1 amide bonds. The summed E-state index contributed by atoms with van der Waals surface area (Å²) in [4.78, 5) is 10.9. The second kappa shape index (κ2) is 8.18. The van der Waals surface area contributed by atoms with Crippen LogP contribution in [0.4, 0.5) is 9.18 Å². The number of amides is 1. The maximum Gasteiger partial charge on any atom is 0.406 e. The molecule has 0 saturated carbocycles. The average Bonchev–Trinajstić information content (AvgIpc) is 3.04. The lowest BCUT2D eigenvalue weighted by molar-refractivity contribution is 0.140. The molecule has 0 aliphatic heterocycles. The minimum Gasteiger partial charge on any atom is -0.493 e. The first-order chi connectivity index (χ1) is 12.6. The van der Waals surface area contributed by atoms with E-state index in [4.69, 9.17) is 9.47 Å². The predicted molar refractivity (Wildman–Crippen MR) is 99.7 cm³/mol. The molecule has 136 valence electrons. The molecule has 0 aliphatic carbocycles. The highest BCUT2D eigenvalue weighted by Crippen LogP contribution is 2.31. The molecule has 2 N–H and O–H groups in total. The second-order valence-corrected chi connectivity index (χ2v) is 6.41. The number of hydrogen-bond acceptors (Lipinski definition) is 4. The van der Waals surface area contributed by atoms with Crippen molar-refractivity contribution in [2.45, 2.75) is 6.42 Å². The van der Waals surface area contributed by atoms with Gasteiger partial charge in [-0.1, -0.05) is 15.9 Å². The number of nitrogens with zero attached hydrogens (tertiary/aromatic N) is 1. The van der Waals surface area contributed by atoms with Gasteiger partial charge in [0.15, 0.2) is 0 Å². The highest BCUT2D eigenvalue weighted by Gasteiger charge is 2.13. The number of carbonyl (C=O) groups excluding carboxylic acids is 1. The predicted octanol–water partition coefficient (Wildman–Crippen LogP) is 4.26. The standard InChI is InChI=1S/C18H17BrFN3O3/c1-21-18(24)26-8-2-7-25-12-4-6-13(15(20)10-12)17-14-5-3-11(19)9-16(14)22-23-17/h3-6,9-10H,2,7-8H2,1H3,(H,21,24)(H,22,23). The SMILES string of the molecule is CNC(=O)OCCCOc1ccc(-c2n[nH]c3cc(Br)ccc23)c(F)c1. The highest BCUT2D eigenvalue weighted by atomic mass is 79.9. The van der Waals surface area contributed by atoms with Gasteiger partial charge in [0, 0.05) is 35.0 Å². The van der Waals surface area contributed by atoms with E-state index in [2.05, 4.69) is 31.4 Å². The number of aromatic nitrogens is 2. The molecule has 0 fully saturated rings. The molecular weight excluding hydrogens is 405 g/mol. The lowest BCUT2D eigenvalue weighted by Crippen LogP contribution is -2.20. The molecule has 26 heavy (non-hydrogen) atoms. The van der Waals surface area contributed by atoms with Crippen molar-refractivity contribution in [3.63, 3.8) is 0 Å². The second-order valence-electron chi connectivity index (χ2n) is 5.49. The maximum atomic E-state index is 14.5. The Morgan fingerprint density at radius 1 is 1.27 bits per heavy atom. The normalized spacial score (nSPS) is 10.7. The Morgan fingerprint density at radius 2 is 2.12 bits per heavy atom. The van der Waals surface area contributed by atoms with E-state index in [1.54, 1.807) is 12.1 Å². The summed E-state index contributed by atoms with van der Waals surface area (Å²) < 4.78 is 25.8. The average molecular weight is 422 g/mol. The molecule has 6 nitrogen and oxygen atoms in total. The van der Waals surface area contributed by atoms with E-state index in [1.165, 1.54) is 13.1 Å². The van der Waals surface area contributed by atoms with Crippen molar-refractivity contribution in [2.24, 2.45) is 0 Å². The van der Waals surface area contributed by atoms with Crippen molar-refractivity contribution >= 4 is 32.9 Å². The molecule has 2 aromatic carbocycles. The summed E-state index contributed by atoms with van der Waals surface area (Å²) in [6, 6.07) is 10.3. The number of hydrogen-bond donors (Lipinski definition) is 2. The number of fused-ring (bicyclic) bond motifs is 1. The molecule has 0 spiro atoms. The fraction of sp³-hybridized carbons (Fsp3) is 0.222. The van der Waals surface area contributed by atoms with Crippen molar-refractivity contribution in [1.29, 1.82) is 0 Å². The van der Waals surface area contributed by atoms with E-state index in [0.29, 0.717) is 30.0 Å². The summed E-state index contributed by atoms with van der Waals surface area (Å²) in [7, 11) is 1.49. The maximum absolute atomic E-state index is 14.5. The Hall–Kier alpha value is -2.61. The van der Waals surface area contributed by atoms with Gasteiger partial charge in [0.25, 0.3) is 0 Å². The van der Waals surface area contributed by atoms with Crippen LogP contribution in [0.15, 0.2) is 40.9 Å². The zero-order chi connectivity index (χ0) is 18.5. The number of carbonyl (C=O) groups is 1. The first kappa shape index (κ1) is 18.2. The number of alkyl carbamates (subject to hydrolysis) is 1. The smallest absolute Gasteiger partial charge is 0.406 e. The minimum atomic E-state index is -0.487. The summed E-state index contributed by atoms with van der Waals surface area (Å²) in [6.07, 6.45) is 0.0222. The minimum absolute atomic E-state index is 0.231. The third kappa shape index (κ3) is 4.13. The zero-order valence-corrected chi connectivity index (χ0v) is 15.6. The van der Waals surface area contributed by atoms with E-state index in [9.17, 15) is 9.18 Å². The van der Waals surface area contributed by atoms with E-state index in [1.807, 2.05) is 18.2 Å². The number of nitrogens with one attached hydrogen (secondary N) is 2. The first-order valence-electron chi connectivity index (χ1n) is 7.99. The van der Waals surface area contributed by atoms with Crippen LogP contribution in [0.3, 0.4) is 0 Å². The zero-order valence-electron chi connectivity index (χ0n) is 14.0. The van der Waals surface area contributed by atoms with Crippen LogP contribution in [0.2, 0.25) is 0 Å². The Balaban J connectivity index is 1.66. The van der Waals surface area contributed by atoms with Crippen LogP contribution in [-0.2, 0) is 4.74 Å². The van der Waals surface area contributed by atoms with Crippen LogP contribution >= 0.6 is 15.9 Å². The van der Waals surface area contributed by atoms with Gasteiger partial charge in [0.1, 0.15) is 17.3 Å². The molecule has 3 rings (SSSR count). The summed E-state index contributed by atoms with van der Waals surface area (Å²) in [5.41, 5.74) is 1.77. The van der Waals surface area contributed by atoms with E-state index in [0.717, 1.165) is 15.4 Å². The molecule has 3 aromatic rings. The molecule has 1 heterocycles. The third-order valence-electron chi connectivity index (χ3n) is 3.72. The Morgan fingerprint density at radius 3 is 2.88 bits per heavy atom. The summed E-state index contributed by atoms with van der Waals surface area (Å²) >= 11 is 3.40. The molecule has 0 bridgehead atoms. The van der Waals surface area contributed by atoms with Gasteiger partial charge in [-0.3, -0.25) is 5.10 Å². The van der Waals surface area contributed by atoms with Crippen molar-refractivity contribution in [1.82, 2.24) is 15.5 Å². The first-order valence-corrected chi connectivity index (χ1v) is 8.78. The summed E-state index contributed by atoms with van der Waals surface area (Å²) in [5, 5.41) is 10.3. The molecule has 0 atom stereocenters. The topological polar surface area (TPSA) is 76.2 Å². The number of ether oxygens (including phenoxy) is 2. The number of halogens is 2. The Labute approximate surface area is 157 Å². The van der Waals surface area contributed by atoms with Crippen molar-refractivity contribution in [3.8, 4) is 17.0 Å². The van der Waals surface area contributed by atoms with Gasteiger partial charge in [0.05, 0.1) is 18.7 Å². The van der Waals surface area contributed by atoms with Crippen molar-refractivity contribution in [3.05, 3.63) is 46.7 Å². The fourth-order valence-electron chi connectivity index (χ4n) is 2.46. The van der Waals surface area contributed by atoms with Crippen molar-refractivity contribution in [2.75, 3.05) is 20.3 Å². The van der Waals surface area contributed by atoms with Crippen LogP contribution in [-0.4, -0.2) is 36.6 Å².